The topological polar surface area (TPSA) is 38.3 Å². The average molecular weight is 230 g/mol. The molecule has 1 aromatic rings. The van der Waals surface area contributed by atoms with E-state index in [0.29, 0.717) is 0 Å². The Labute approximate surface area is 78.9 Å². The molecule has 0 bridgehead atoms. The van der Waals surface area contributed by atoms with Crippen molar-refractivity contribution in [3.63, 3.8) is 0 Å². The third-order valence-corrected chi connectivity index (χ3v) is 1.53. The fraction of sp³-hybridized carbons (Fsp3) is 0.125. The zero-order chi connectivity index (χ0) is 8.97. The van der Waals surface area contributed by atoms with E-state index >= 15 is 0 Å². The first kappa shape index (κ1) is 9.06. The Balaban J connectivity index is 2.71. The highest BCUT2D eigenvalue weighted by Crippen LogP contribution is 2.15. The molecule has 0 radical (unpaired) electrons. The van der Waals surface area contributed by atoms with E-state index in [4.69, 9.17) is 4.74 Å². The maximum atomic E-state index is 10.5. The fourth-order valence-corrected chi connectivity index (χ4v) is 1.02. The zero-order valence-corrected chi connectivity index (χ0v) is 8.09. The number of hydrogen-bond acceptors (Lipinski definition) is 2. The Kier molecular flexibility index (Phi) is 3.10. The van der Waals surface area contributed by atoms with Crippen LogP contribution in [0, 0.1) is 0 Å². The summed E-state index contributed by atoms with van der Waals surface area (Å²) in [5, 5.41) is 2.58. The fourth-order valence-electron chi connectivity index (χ4n) is 0.788. The molecule has 0 heterocycles. The number of nitrogens with one attached hydrogen (secondary N) is 1. The molecule has 0 aliphatic carbocycles. The van der Waals surface area contributed by atoms with Gasteiger partial charge in [-0.25, -0.2) is 0 Å². The Hall–Kier alpha value is -1.03. The van der Waals surface area contributed by atoms with Crippen molar-refractivity contribution in [1.82, 2.24) is 0 Å². The number of carbonyl (C=O) groups excluding carboxylic acids is 1. The van der Waals surface area contributed by atoms with Crippen LogP contribution in [-0.2, 0) is 0 Å². The molecule has 1 aromatic carbocycles. The number of carbonyl (C=O) groups is 1. The number of methoxy groups -OCH3 is 1. The first-order valence-electron chi connectivity index (χ1n) is 3.33. The Bertz CT molecular complexity index is 271. The normalized spacial score (nSPS) is 9.17. The van der Waals surface area contributed by atoms with Gasteiger partial charge in [0.05, 0.1) is 7.11 Å². The third-order valence-electron chi connectivity index (χ3n) is 1.33. The Morgan fingerprint density at radius 1 is 1.42 bits per heavy atom. The standard InChI is InChI=1S/C8H8BrNO2/c1-12-7-4-2-6(3-5-7)10-8(9)11/h2-5H,1H3,(H,10,11). The van der Waals surface area contributed by atoms with Crippen molar-refractivity contribution < 1.29 is 9.53 Å². The summed E-state index contributed by atoms with van der Waals surface area (Å²) in [6.45, 7) is 0. The van der Waals surface area contributed by atoms with E-state index in [1.807, 2.05) is 0 Å². The summed E-state index contributed by atoms with van der Waals surface area (Å²) in [7, 11) is 1.60. The predicted molar refractivity (Wildman–Crippen MR) is 50.9 cm³/mol. The van der Waals surface area contributed by atoms with Gasteiger partial charge in [-0.2, -0.15) is 0 Å². The van der Waals surface area contributed by atoms with Crippen molar-refractivity contribution >= 4 is 26.4 Å². The minimum Gasteiger partial charge on any atom is -0.497 e. The van der Waals surface area contributed by atoms with Crippen LogP contribution in [0.1, 0.15) is 0 Å². The van der Waals surface area contributed by atoms with Gasteiger partial charge in [0, 0.05) is 21.6 Å². The number of hydrogen-bond donors (Lipinski definition) is 1. The number of ether oxygens (including phenoxy) is 1. The van der Waals surface area contributed by atoms with E-state index in [2.05, 4.69) is 21.2 Å². The molecular weight excluding hydrogens is 222 g/mol. The van der Waals surface area contributed by atoms with Crippen LogP contribution in [0.5, 0.6) is 5.75 Å². The van der Waals surface area contributed by atoms with Crippen LogP contribution >= 0.6 is 15.9 Å². The summed E-state index contributed by atoms with van der Waals surface area (Å²) < 4.78 is 4.95. The van der Waals surface area contributed by atoms with Gasteiger partial charge in [0.15, 0.2) is 0 Å². The van der Waals surface area contributed by atoms with Crippen molar-refractivity contribution in [2.24, 2.45) is 0 Å². The zero-order valence-electron chi connectivity index (χ0n) is 6.50. The van der Waals surface area contributed by atoms with Crippen LogP contribution in [0.3, 0.4) is 0 Å². The van der Waals surface area contributed by atoms with E-state index in [0.717, 1.165) is 11.4 Å². The lowest BCUT2D eigenvalue weighted by Gasteiger charge is -2.02. The van der Waals surface area contributed by atoms with Crippen LogP contribution < -0.4 is 10.1 Å². The van der Waals surface area contributed by atoms with Crippen LogP contribution in [0.25, 0.3) is 0 Å². The van der Waals surface area contributed by atoms with Crippen molar-refractivity contribution in [1.29, 1.82) is 0 Å². The second-order valence-electron chi connectivity index (χ2n) is 2.13. The van der Waals surface area contributed by atoms with Gasteiger partial charge in [-0.15, -0.1) is 0 Å². The smallest absolute Gasteiger partial charge is 0.291 e. The van der Waals surface area contributed by atoms with Gasteiger partial charge in [0.25, 0.3) is 4.82 Å². The van der Waals surface area contributed by atoms with Crippen LogP contribution in [0.4, 0.5) is 10.5 Å². The van der Waals surface area contributed by atoms with Gasteiger partial charge in [-0.1, -0.05) is 0 Å². The summed E-state index contributed by atoms with van der Waals surface area (Å²) in [4.78, 5) is 10.3. The van der Waals surface area contributed by atoms with E-state index in [1.54, 1.807) is 31.4 Å². The van der Waals surface area contributed by atoms with Crippen LogP contribution in [0.15, 0.2) is 24.3 Å². The van der Waals surface area contributed by atoms with Crippen molar-refractivity contribution in [3.8, 4) is 5.75 Å². The molecule has 3 nitrogen and oxygen atoms in total. The SMILES string of the molecule is COc1ccc(NC(=O)Br)cc1. The molecule has 0 saturated heterocycles. The summed E-state index contributed by atoms with van der Waals surface area (Å²) in [5.41, 5.74) is 0.734. The van der Waals surface area contributed by atoms with Crippen molar-refractivity contribution in [2.45, 2.75) is 0 Å². The van der Waals surface area contributed by atoms with Gasteiger partial charge in [0.1, 0.15) is 5.75 Å². The molecule has 0 aromatic heterocycles. The molecule has 12 heavy (non-hydrogen) atoms. The lowest BCUT2D eigenvalue weighted by Crippen LogP contribution is -1.99. The van der Waals surface area contributed by atoms with Gasteiger partial charge in [-0.3, -0.25) is 4.79 Å². The largest absolute Gasteiger partial charge is 0.497 e. The number of anilines is 1. The first-order chi connectivity index (χ1) is 5.72. The summed E-state index contributed by atoms with van der Waals surface area (Å²) in [5.74, 6) is 0.766. The van der Waals surface area contributed by atoms with Gasteiger partial charge < -0.3 is 10.1 Å². The number of halogens is 1. The molecule has 1 rings (SSSR count). The maximum Gasteiger partial charge on any atom is 0.291 e. The van der Waals surface area contributed by atoms with E-state index in [1.165, 1.54) is 0 Å². The lowest BCUT2D eigenvalue weighted by molar-refractivity contribution is 0.270. The van der Waals surface area contributed by atoms with E-state index in [-0.39, 0.29) is 4.82 Å². The minimum atomic E-state index is -0.257. The number of benzene rings is 1. The quantitative estimate of drug-likeness (QED) is 0.626. The molecule has 0 saturated carbocycles. The van der Waals surface area contributed by atoms with Crippen LogP contribution in [0.2, 0.25) is 0 Å². The molecule has 0 aliphatic rings. The van der Waals surface area contributed by atoms with Crippen molar-refractivity contribution in [2.75, 3.05) is 12.4 Å². The summed E-state index contributed by atoms with van der Waals surface area (Å²) in [6.07, 6.45) is 0. The summed E-state index contributed by atoms with van der Waals surface area (Å²) >= 11 is 2.77. The molecule has 0 atom stereocenters. The van der Waals surface area contributed by atoms with Crippen LogP contribution in [-0.4, -0.2) is 11.9 Å². The minimum absolute atomic E-state index is 0.257. The molecular formula is C8H8BrNO2. The Morgan fingerprint density at radius 3 is 2.42 bits per heavy atom. The molecule has 0 fully saturated rings. The molecule has 0 aliphatic heterocycles. The van der Waals surface area contributed by atoms with Crippen molar-refractivity contribution in [3.05, 3.63) is 24.3 Å². The predicted octanol–water partition coefficient (Wildman–Crippen LogP) is 2.62. The number of rotatable bonds is 2. The highest BCUT2D eigenvalue weighted by atomic mass is 79.9. The van der Waals surface area contributed by atoms with Gasteiger partial charge in [-0.05, 0) is 24.3 Å². The van der Waals surface area contributed by atoms with Gasteiger partial charge >= 0.3 is 0 Å². The van der Waals surface area contributed by atoms with E-state index < -0.39 is 0 Å². The number of amides is 1. The Morgan fingerprint density at radius 2 is 2.00 bits per heavy atom. The second-order valence-corrected chi connectivity index (χ2v) is 2.85. The molecule has 1 N–H and O–H groups in total. The van der Waals surface area contributed by atoms with E-state index in [9.17, 15) is 4.79 Å². The van der Waals surface area contributed by atoms with Gasteiger partial charge in [0.2, 0.25) is 0 Å². The molecule has 0 spiro atoms. The average Bonchev–Trinajstić information content (AvgIpc) is 2.05. The highest BCUT2D eigenvalue weighted by Gasteiger charge is 1.95. The second kappa shape index (κ2) is 4.11. The maximum absolute atomic E-state index is 10.5. The molecule has 64 valence electrons. The lowest BCUT2D eigenvalue weighted by atomic mass is 10.3. The summed E-state index contributed by atoms with van der Waals surface area (Å²) in [6, 6.07) is 7.08. The first-order valence-corrected chi connectivity index (χ1v) is 4.12. The third kappa shape index (κ3) is 2.54. The molecule has 0 unspecified atom stereocenters. The molecule has 1 amide bonds. The molecule has 4 heteroatoms. The highest BCUT2D eigenvalue weighted by molar-refractivity contribution is 9.18. The monoisotopic (exact) mass is 229 g/mol.